The number of para-hydroxylation sites is 1. The molecule has 0 atom stereocenters. The lowest BCUT2D eigenvalue weighted by atomic mass is 10.3. The van der Waals surface area contributed by atoms with E-state index in [1.165, 1.54) is 0 Å². The highest BCUT2D eigenvalue weighted by Crippen LogP contribution is 2.04. The van der Waals surface area contributed by atoms with Crippen LogP contribution in [0.3, 0.4) is 0 Å². The molecule has 0 saturated carbocycles. The summed E-state index contributed by atoms with van der Waals surface area (Å²) in [7, 11) is 0. The quantitative estimate of drug-likeness (QED) is 0.730. The molecular weight excluding hydrogens is 180 g/mol. The summed E-state index contributed by atoms with van der Waals surface area (Å²) in [5.74, 6) is 0. The molecule has 1 heterocycles. The molecule has 0 saturated heterocycles. The highest BCUT2D eigenvalue weighted by atomic mass is 16.3. The predicted molar refractivity (Wildman–Crippen MR) is 52.3 cm³/mol. The fourth-order valence-electron chi connectivity index (χ4n) is 1.27. The van der Waals surface area contributed by atoms with Gasteiger partial charge in [-0.25, -0.2) is 0 Å². The molecule has 0 aliphatic carbocycles. The normalized spacial score (nSPS) is 10.4. The van der Waals surface area contributed by atoms with E-state index >= 15 is 0 Å². The molecule has 2 aromatic rings. The Kier molecular flexibility index (Phi) is 2.20. The van der Waals surface area contributed by atoms with Gasteiger partial charge in [-0.2, -0.15) is 0 Å². The number of nitrogens with zero attached hydrogens (tertiary/aromatic N) is 1. The van der Waals surface area contributed by atoms with Crippen LogP contribution in [0.5, 0.6) is 0 Å². The van der Waals surface area contributed by atoms with Gasteiger partial charge in [0.2, 0.25) is 0 Å². The summed E-state index contributed by atoms with van der Waals surface area (Å²) in [6, 6.07) is 9.41. The molecule has 1 aromatic heterocycles. The van der Waals surface area contributed by atoms with E-state index in [9.17, 15) is 4.79 Å². The molecule has 0 radical (unpaired) electrons. The Morgan fingerprint density at radius 2 is 2.00 bits per heavy atom. The Morgan fingerprint density at radius 1 is 1.29 bits per heavy atom. The van der Waals surface area contributed by atoms with Crippen LogP contribution in [0.25, 0.3) is 5.69 Å². The molecule has 0 unspecified atom stereocenters. The molecular formula is C10H10N2O2. The molecule has 72 valence electrons. The fourth-order valence-corrected chi connectivity index (χ4v) is 1.27. The molecule has 0 amide bonds. The second-order valence-corrected chi connectivity index (χ2v) is 2.96. The standard InChI is InChI=1S/C10H10N2O2/c13-7-8-6-12(11-10(8)14)9-4-2-1-3-5-9/h1-6,13H,7H2,(H,11,14). The van der Waals surface area contributed by atoms with Gasteiger partial charge in [-0.15, -0.1) is 0 Å². The van der Waals surface area contributed by atoms with Crippen LogP contribution in [0.2, 0.25) is 0 Å². The van der Waals surface area contributed by atoms with Gasteiger partial charge in [0.1, 0.15) is 0 Å². The molecule has 0 aliphatic rings. The van der Waals surface area contributed by atoms with Crippen molar-refractivity contribution in [2.75, 3.05) is 0 Å². The lowest BCUT2D eigenvalue weighted by molar-refractivity contribution is 0.280. The summed E-state index contributed by atoms with van der Waals surface area (Å²) in [5, 5.41) is 11.5. The van der Waals surface area contributed by atoms with Crippen molar-refractivity contribution in [3.05, 3.63) is 52.4 Å². The van der Waals surface area contributed by atoms with Gasteiger partial charge in [0, 0.05) is 6.20 Å². The number of rotatable bonds is 2. The molecule has 14 heavy (non-hydrogen) atoms. The van der Waals surface area contributed by atoms with E-state index in [0.717, 1.165) is 5.69 Å². The Morgan fingerprint density at radius 3 is 2.57 bits per heavy atom. The summed E-state index contributed by atoms with van der Waals surface area (Å²) in [5.41, 5.74) is 0.981. The van der Waals surface area contributed by atoms with Gasteiger partial charge in [-0.05, 0) is 12.1 Å². The van der Waals surface area contributed by atoms with E-state index in [0.29, 0.717) is 5.56 Å². The molecule has 0 aliphatic heterocycles. The zero-order valence-electron chi connectivity index (χ0n) is 7.47. The highest BCUT2D eigenvalue weighted by molar-refractivity contribution is 5.30. The summed E-state index contributed by atoms with van der Waals surface area (Å²) < 4.78 is 1.59. The number of benzene rings is 1. The van der Waals surface area contributed by atoms with Crippen LogP contribution in [-0.4, -0.2) is 14.9 Å². The van der Waals surface area contributed by atoms with E-state index < -0.39 is 0 Å². The number of nitrogens with one attached hydrogen (secondary N) is 1. The first-order chi connectivity index (χ1) is 6.81. The van der Waals surface area contributed by atoms with Gasteiger partial charge in [-0.3, -0.25) is 14.6 Å². The van der Waals surface area contributed by atoms with Crippen molar-refractivity contribution in [3.8, 4) is 5.69 Å². The Bertz CT molecular complexity index is 470. The monoisotopic (exact) mass is 190 g/mol. The smallest absolute Gasteiger partial charge is 0.269 e. The molecule has 0 spiro atoms. The SMILES string of the molecule is O=c1[nH]n(-c2ccccc2)cc1CO. The minimum Gasteiger partial charge on any atom is -0.391 e. The molecule has 4 nitrogen and oxygen atoms in total. The maximum Gasteiger partial charge on any atom is 0.269 e. The van der Waals surface area contributed by atoms with Crippen molar-refractivity contribution in [2.45, 2.75) is 6.61 Å². The lowest BCUT2D eigenvalue weighted by Crippen LogP contribution is -2.06. The summed E-state index contributed by atoms with van der Waals surface area (Å²) >= 11 is 0. The maximum absolute atomic E-state index is 11.2. The van der Waals surface area contributed by atoms with Gasteiger partial charge < -0.3 is 5.11 Å². The van der Waals surface area contributed by atoms with Crippen molar-refractivity contribution >= 4 is 0 Å². The first-order valence-corrected chi connectivity index (χ1v) is 4.28. The minimum atomic E-state index is -0.253. The molecule has 1 aromatic carbocycles. The number of hydrogen-bond donors (Lipinski definition) is 2. The lowest BCUT2D eigenvalue weighted by Gasteiger charge is -1.99. The Hall–Kier alpha value is -1.81. The summed E-state index contributed by atoms with van der Waals surface area (Å²) in [6.45, 7) is -0.241. The zero-order chi connectivity index (χ0) is 9.97. The van der Waals surface area contributed by atoms with Crippen molar-refractivity contribution in [1.82, 2.24) is 9.78 Å². The second-order valence-electron chi connectivity index (χ2n) is 2.96. The average Bonchev–Trinajstić information content (AvgIpc) is 2.61. The predicted octanol–water partition coefficient (Wildman–Crippen LogP) is 0.658. The van der Waals surface area contributed by atoms with Crippen LogP contribution in [0.4, 0.5) is 0 Å². The van der Waals surface area contributed by atoms with Crippen LogP contribution in [0.1, 0.15) is 5.56 Å². The first kappa shape index (κ1) is 8.77. The average molecular weight is 190 g/mol. The number of aromatic amines is 1. The first-order valence-electron chi connectivity index (χ1n) is 4.28. The van der Waals surface area contributed by atoms with Gasteiger partial charge in [0.05, 0.1) is 17.9 Å². The van der Waals surface area contributed by atoms with Crippen LogP contribution in [0, 0.1) is 0 Å². The van der Waals surface area contributed by atoms with Crippen LogP contribution in [0.15, 0.2) is 41.3 Å². The topological polar surface area (TPSA) is 58.0 Å². The van der Waals surface area contributed by atoms with Crippen LogP contribution in [-0.2, 0) is 6.61 Å². The van der Waals surface area contributed by atoms with Gasteiger partial charge in [0.15, 0.2) is 0 Å². The zero-order valence-corrected chi connectivity index (χ0v) is 7.47. The summed E-state index contributed by atoms with van der Waals surface area (Å²) in [4.78, 5) is 11.2. The third-order valence-corrected chi connectivity index (χ3v) is 2.00. The van der Waals surface area contributed by atoms with Crippen molar-refractivity contribution in [3.63, 3.8) is 0 Å². The molecule has 2 N–H and O–H groups in total. The minimum absolute atomic E-state index is 0.241. The number of hydrogen-bond acceptors (Lipinski definition) is 2. The van der Waals surface area contributed by atoms with Crippen molar-refractivity contribution in [1.29, 1.82) is 0 Å². The molecule has 4 heteroatoms. The number of aliphatic hydroxyl groups is 1. The van der Waals surface area contributed by atoms with Crippen molar-refractivity contribution in [2.24, 2.45) is 0 Å². The van der Waals surface area contributed by atoms with E-state index in [4.69, 9.17) is 5.11 Å². The highest BCUT2D eigenvalue weighted by Gasteiger charge is 2.02. The van der Waals surface area contributed by atoms with Crippen LogP contribution < -0.4 is 5.56 Å². The Balaban J connectivity index is 2.48. The molecule has 2 rings (SSSR count). The largest absolute Gasteiger partial charge is 0.391 e. The van der Waals surface area contributed by atoms with E-state index in [2.05, 4.69) is 5.10 Å². The molecule has 0 bridgehead atoms. The number of aliphatic hydroxyl groups excluding tert-OH is 1. The maximum atomic E-state index is 11.2. The summed E-state index contributed by atoms with van der Waals surface area (Å²) in [6.07, 6.45) is 1.59. The van der Waals surface area contributed by atoms with E-state index in [1.807, 2.05) is 30.3 Å². The Labute approximate surface area is 80.4 Å². The van der Waals surface area contributed by atoms with Gasteiger partial charge >= 0.3 is 0 Å². The number of aromatic nitrogens is 2. The molecule has 0 fully saturated rings. The van der Waals surface area contributed by atoms with E-state index in [1.54, 1.807) is 10.9 Å². The van der Waals surface area contributed by atoms with Gasteiger partial charge in [-0.1, -0.05) is 18.2 Å². The second kappa shape index (κ2) is 3.51. The third kappa shape index (κ3) is 1.47. The fraction of sp³-hybridized carbons (Fsp3) is 0.100. The van der Waals surface area contributed by atoms with Crippen LogP contribution >= 0.6 is 0 Å². The number of H-pyrrole nitrogens is 1. The van der Waals surface area contributed by atoms with Gasteiger partial charge in [0.25, 0.3) is 5.56 Å². The van der Waals surface area contributed by atoms with E-state index in [-0.39, 0.29) is 12.2 Å². The van der Waals surface area contributed by atoms with Crippen molar-refractivity contribution < 1.29 is 5.11 Å². The third-order valence-electron chi connectivity index (χ3n) is 2.00.